The number of amides is 1. The van der Waals surface area contributed by atoms with Crippen molar-refractivity contribution in [2.24, 2.45) is 11.1 Å². The number of aryl methyl sites for hydroxylation is 1. The van der Waals surface area contributed by atoms with E-state index >= 15 is 0 Å². The van der Waals surface area contributed by atoms with E-state index in [4.69, 9.17) is 27.4 Å². The van der Waals surface area contributed by atoms with Gasteiger partial charge in [-0.05, 0) is 51.2 Å². The SMILES string of the molecule is CC(=O)OC[C@@](C)(/C=C/C1CCCN1C(=S)C(NC(=O)C(C)N)C(C)OCc1ccccc1)Cc1cccc(C)c1. The summed E-state index contributed by atoms with van der Waals surface area (Å²) in [4.78, 5) is 27.2. The van der Waals surface area contributed by atoms with Gasteiger partial charge in [0.1, 0.15) is 17.6 Å². The van der Waals surface area contributed by atoms with Gasteiger partial charge in [0.25, 0.3) is 0 Å². The van der Waals surface area contributed by atoms with Gasteiger partial charge in [0.05, 0.1) is 18.8 Å². The lowest BCUT2D eigenvalue weighted by atomic mass is 9.83. The zero-order chi connectivity index (χ0) is 30.0. The molecule has 41 heavy (non-hydrogen) atoms. The molecule has 5 atom stereocenters. The Morgan fingerprint density at radius 1 is 1.17 bits per heavy atom. The topological polar surface area (TPSA) is 93.9 Å². The number of thiocarbonyl (C=S) groups is 1. The van der Waals surface area contributed by atoms with Gasteiger partial charge >= 0.3 is 5.97 Å². The second-order valence-electron chi connectivity index (χ2n) is 11.5. The van der Waals surface area contributed by atoms with E-state index in [0.29, 0.717) is 11.6 Å². The molecule has 1 saturated heterocycles. The molecule has 222 valence electrons. The summed E-state index contributed by atoms with van der Waals surface area (Å²) in [5.41, 5.74) is 8.92. The summed E-state index contributed by atoms with van der Waals surface area (Å²) in [5, 5.41) is 3.04. The van der Waals surface area contributed by atoms with Crippen LogP contribution in [-0.4, -0.2) is 59.1 Å². The molecule has 1 fully saturated rings. The summed E-state index contributed by atoms with van der Waals surface area (Å²) in [5.74, 6) is -0.569. The van der Waals surface area contributed by atoms with Crippen LogP contribution in [0.5, 0.6) is 0 Å². The second-order valence-corrected chi connectivity index (χ2v) is 11.9. The fourth-order valence-electron chi connectivity index (χ4n) is 5.06. The molecule has 7 nitrogen and oxygen atoms in total. The number of nitrogens with two attached hydrogens (primary N) is 1. The lowest BCUT2D eigenvalue weighted by Crippen LogP contribution is -2.56. The second kappa shape index (κ2) is 15.2. The highest BCUT2D eigenvalue weighted by Gasteiger charge is 2.34. The van der Waals surface area contributed by atoms with E-state index in [9.17, 15) is 9.59 Å². The van der Waals surface area contributed by atoms with Gasteiger partial charge in [0.2, 0.25) is 5.91 Å². The maximum atomic E-state index is 12.7. The number of esters is 1. The molecule has 0 aromatic heterocycles. The average molecular weight is 580 g/mol. The molecular weight excluding hydrogens is 534 g/mol. The summed E-state index contributed by atoms with van der Waals surface area (Å²) in [6.07, 6.45) is 6.60. The molecule has 0 radical (unpaired) electrons. The van der Waals surface area contributed by atoms with Crippen LogP contribution in [0.1, 0.15) is 57.2 Å². The van der Waals surface area contributed by atoms with E-state index in [2.05, 4.69) is 60.5 Å². The molecule has 2 aromatic rings. The van der Waals surface area contributed by atoms with E-state index < -0.39 is 17.5 Å². The third-order valence-electron chi connectivity index (χ3n) is 7.40. The number of ether oxygens (including phenoxy) is 2. The molecule has 0 aliphatic carbocycles. The Hall–Kier alpha value is -3.07. The first-order valence-corrected chi connectivity index (χ1v) is 14.8. The minimum atomic E-state index is -0.667. The summed E-state index contributed by atoms with van der Waals surface area (Å²) in [7, 11) is 0. The number of hydrogen-bond donors (Lipinski definition) is 2. The molecule has 4 unspecified atom stereocenters. The zero-order valence-corrected chi connectivity index (χ0v) is 25.8. The quantitative estimate of drug-likeness (QED) is 0.198. The van der Waals surface area contributed by atoms with Crippen molar-refractivity contribution in [1.29, 1.82) is 0 Å². The Kier molecular flexibility index (Phi) is 12.1. The molecule has 3 rings (SSSR count). The van der Waals surface area contributed by atoms with Crippen molar-refractivity contribution in [1.82, 2.24) is 10.2 Å². The largest absolute Gasteiger partial charge is 0.465 e. The smallest absolute Gasteiger partial charge is 0.302 e. The first kappa shape index (κ1) is 32.4. The van der Waals surface area contributed by atoms with Crippen LogP contribution in [-0.2, 0) is 32.1 Å². The van der Waals surface area contributed by atoms with Crippen molar-refractivity contribution < 1.29 is 19.1 Å². The Balaban J connectivity index is 1.79. The fraction of sp³-hybridized carbons (Fsp3) is 0.485. The number of carbonyl (C=O) groups excluding carboxylic acids is 2. The number of benzene rings is 2. The average Bonchev–Trinajstić information content (AvgIpc) is 3.41. The zero-order valence-electron chi connectivity index (χ0n) is 25.0. The van der Waals surface area contributed by atoms with E-state index in [-0.39, 0.29) is 30.6 Å². The number of likely N-dealkylation sites (tertiary alicyclic amines) is 1. The van der Waals surface area contributed by atoms with Crippen LogP contribution >= 0.6 is 12.2 Å². The molecule has 1 aliphatic heterocycles. The predicted molar refractivity (Wildman–Crippen MR) is 167 cm³/mol. The maximum Gasteiger partial charge on any atom is 0.302 e. The molecule has 1 heterocycles. The Labute approximate surface area is 250 Å². The van der Waals surface area contributed by atoms with Crippen LogP contribution in [0.3, 0.4) is 0 Å². The Morgan fingerprint density at radius 3 is 2.54 bits per heavy atom. The first-order chi connectivity index (χ1) is 19.5. The van der Waals surface area contributed by atoms with Crippen molar-refractivity contribution in [3.8, 4) is 0 Å². The minimum absolute atomic E-state index is 0.0488. The van der Waals surface area contributed by atoms with Gasteiger partial charge in [-0.3, -0.25) is 9.59 Å². The summed E-state index contributed by atoms with van der Waals surface area (Å²) >= 11 is 6.02. The van der Waals surface area contributed by atoms with Crippen LogP contribution in [0.2, 0.25) is 0 Å². The predicted octanol–water partition coefficient (Wildman–Crippen LogP) is 4.89. The van der Waals surface area contributed by atoms with Gasteiger partial charge in [0.15, 0.2) is 0 Å². The number of carbonyl (C=O) groups is 2. The van der Waals surface area contributed by atoms with E-state index in [1.807, 2.05) is 37.3 Å². The molecular formula is C33H45N3O4S. The van der Waals surface area contributed by atoms with Crippen molar-refractivity contribution in [2.75, 3.05) is 13.2 Å². The van der Waals surface area contributed by atoms with E-state index in [0.717, 1.165) is 31.4 Å². The van der Waals surface area contributed by atoms with Crippen molar-refractivity contribution >= 4 is 29.1 Å². The number of hydrogen-bond acceptors (Lipinski definition) is 6. The minimum Gasteiger partial charge on any atom is -0.465 e. The molecule has 0 bridgehead atoms. The van der Waals surface area contributed by atoms with Gasteiger partial charge in [-0.1, -0.05) is 91.5 Å². The lowest BCUT2D eigenvalue weighted by Gasteiger charge is -2.34. The van der Waals surface area contributed by atoms with Crippen LogP contribution in [0, 0.1) is 12.3 Å². The highest BCUT2D eigenvalue weighted by atomic mass is 32.1. The Bertz CT molecular complexity index is 1200. The Morgan fingerprint density at radius 2 is 1.88 bits per heavy atom. The van der Waals surface area contributed by atoms with Crippen LogP contribution in [0.25, 0.3) is 0 Å². The summed E-state index contributed by atoms with van der Waals surface area (Å²) in [6.45, 7) is 10.7. The van der Waals surface area contributed by atoms with E-state index in [1.54, 1.807) is 6.92 Å². The van der Waals surface area contributed by atoms with Gasteiger partial charge < -0.3 is 25.4 Å². The molecule has 3 N–H and O–H groups in total. The standard InChI is InChI=1S/C33H45N3O4S/c1-23-11-9-14-28(19-23)20-33(5,22-40-26(4)37)17-16-29-15-10-18-36(29)32(41)30(35-31(38)24(2)34)25(3)39-21-27-12-7-6-8-13-27/h6-9,11-14,16-17,19,24-25,29-30H,10,15,18,20-22,34H2,1-5H3,(H,35,38)/b17-16+/t24?,25?,29?,30?,33-/m0/s1. The van der Waals surface area contributed by atoms with Gasteiger partial charge in [-0.25, -0.2) is 0 Å². The maximum absolute atomic E-state index is 12.7. The number of rotatable bonds is 13. The van der Waals surface area contributed by atoms with Crippen LogP contribution in [0.15, 0.2) is 66.7 Å². The summed E-state index contributed by atoms with van der Waals surface area (Å²) < 4.78 is 11.7. The number of nitrogens with zero attached hydrogens (tertiary/aromatic N) is 1. The molecule has 1 aliphatic rings. The summed E-state index contributed by atoms with van der Waals surface area (Å²) in [6, 6.07) is 17.2. The third kappa shape index (κ3) is 10.1. The highest BCUT2D eigenvalue weighted by Crippen LogP contribution is 2.29. The monoisotopic (exact) mass is 579 g/mol. The van der Waals surface area contributed by atoms with Crippen molar-refractivity contribution in [3.05, 3.63) is 83.4 Å². The fourth-order valence-corrected chi connectivity index (χ4v) is 5.54. The highest BCUT2D eigenvalue weighted by molar-refractivity contribution is 7.80. The molecule has 2 aromatic carbocycles. The molecule has 8 heteroatoms. The van der Waals surface area contributed by atoms with Crippen molar-refractivity contribution in [2.45, 2.75) is 84.7 Å². The van der Waals surface area contributed by atoms with Gasteiger partial charge in [-0.15, -0.1) is 0 Å². The molecule has 1 amide bonds. The molecule has 0 spiro atoms. The molecule has 0 saturated carbocycles. The van der Waals surface area contributed by atoms with Crippen molar-refractivity contribution in [3.63, 3.8) is 0 Å². The van der Waals surface area contributed by atoms with Crippen LogP contribution in [0.4, 0.5) is 0 Å². The van der Waals surface area contributed by atoms with Gasteiger partial charge in [-0.2, -0.15) is 0 Å². The first-order valence-electron chi connectivity index (χ1n) is 14.4. The lowest BCUT2D eigenvalue weighted by molar-refractivity contribution is -0.143. The third-order valence-corrected chi connectivity index (χ3v) is 7.89. The van der Waals surface area contributed by atoms with Gasteiger partial charge in [0, 0.05) is 24.9 Å². The van der Waals surface area contributed by atoms with Crippen LogP contribution < -0.4 is 11.1 Å². The normalized spacial score (nSPS) is 18.9. The number of nitrogens with one attached hydrogen (secondary N) is 1. The van der Waals surface area contributed by atoms with E-state index in [1.165, 1.54) is 18.1 Å².